The Labute approximate surface area is 104 Å². The van der Waals surface area contributed by atoms with Gasteiger partial charge in [0, 0.05) is 17.5 Å². The number of thiazole rings is 1. The van der Waals surface area contributed by atoms with Gasteiger partial charge in [-0.2, -0.15) is 0 Å². The number of anilines is 1. The van der Waals surface area contributed by atoms with Crippen LogP contribution in [0.4, 0.5) is 5.13 Å². The highest BCUT2D eigenvalue weighted by atomic mass is 32.1. The first-order valence-corrected chi connectivity index (χ1v) is 6.22. The Morgan fingerprint density at radius 3 is 2.82 bits per heavy atom. The van der Waals surface area contributed by atoms with Crippen LogP contribution in [0.25, 0.3) is 11.4 Å². The number of pyridine rings is 1. The summed E-state index contributed by atoms with van der Waals surface area (Å²) in [6.07, 6.45) is 1.72. The summed E-state index contributed by atoms with van der Waals surface area (Å²) in [5.74, 6) is -0.0656. The quantitative estimate of drug-likeness (QED) is 0.907. The van der Waals surface area contributed by atoms with E-state index in [1.54, 1.807) is 6.20 Å². The Bertz CT molecular complexity index is 507. The first-order valence-electron chi connectivity index (χ1n) is 5.34. The van der Waals surface area contributed by atoms with Gasteiger partial charge in [0.2, 0.25) is 5.91 Å². The minimum absolute atomic E-state index is 0.0214. The summed E-state index contributed by atoms with van der Waals surface area (Å²) < 4.78 is 0. The number of aromatic nitrogens is 2. The second-order valence-corrected chi connectivity index (χ2v) is 4.75. The van der Waals surface area contributed by atoms with Gasteiger partial charge in [-0.1, -0.05) is 19.9 Å². The third-order valence-electron chi connectivity index (χ3n) is 2.19. The van der Waals surface area contributed by atoms with Crippen molar-refractivity contribution in [3.63, 3.8) is 0 Å². The normalized spacial score (nSPS) is 10.5. The van der Waals surface area contributed by atoms with Gasteiger partial charge in [0.1, 0.15) is 5.69 Å². The van der Waals surface area contributed by atoms with Crippen molar-refractivity contribution < 1.29 is 4.79 Å². The van der Waals surface area contributed by atoms with E-state index in [0.29, 0.717) is 5.13 Å². The number of nitrogens with one attached hydrogen (secondary N) is 1. The molecular weight excluding hydrogens is 234 g/mol. The van der Waals surface area contributed by atoms with Gasteiger partial charge in [-0.3, -0.25) is 9.78 Å². The topological polar surface area (TPSA) is 54.9 Å². The van der Waals surface area contributed by atoms with Gasteiger partial charge >= 0.3 is 0 Å². The van der Waals surface area contributed by atoms with Crippen molar-refractivity contribution >= 4 is 22.4 Å². The fourth-order valence-corrected chi connectivity index (χ4v) is 1.92. The molecule has 0 bridgehead atoms. The molecule has 17 heavy (non-hydrogen) atoms. The standard InChI is InChI=1S/C12H13N3OS/c1-8(2)11(16)15-12-14-10(7-17-12)9-5-3-4-6-13-9/h3-8H,1-2H3,(H,14,15,16). The maximum atomic E-state index is 11.5. The molecule has 88 valence electrons. The van der Waals surface area contributed by atoms with Crippen LogP contribution in [0.1, 0.15) is 13.8 Å². The predicted octanol–water partition coefficient (Wildman–Crippen LogP) is 2.80. The Morgan fingerprint density at radius 1 is 1.35 bits per heavy atom. The molecule has 0 aliphatic carbocycles. The van der Waals surface area contributed by atoms with E-state index < -0.39 is 0 Å². The van der Waals surface area contributed by atoms with E-state index in [2.05, 4.69) is 15.3 Å². The van der Waals surface area contributed by atoms with Crippen LogP contribution in [0.2, 0.25) is 0 Å². The molecule has 0 aliphatic heterocycles. The van der Waals surface area contributed by atoms with Crippen molar-refractivity contribution in [2.24, 2.45) is 5.92 Å². The molecule has 1 N–H and O–H groups in total. The number of nitrogens with zero attached hydrogens (tertiary/aromatic N) is 2. The summed E-state index contributed by atoms with van der Waals surface area (Å²) in [7, 11) is 0. The maximum absolute atomic E-state index is 11.5. The van der Waals surface area contributed by atoms with Gasteiger partial charge in [-0.15, -0.1) is 11.3 Å². The Kier molecular flexibility index (Phi) is 3.49. The lowest BCUT2D eigenvalue weighted by Crippen LogP contribution is -2.17. The molecule has 0 spiro atoms. The van der Waals surface area contributed by atoms with Crippen LogP contribution in [0.3, 0.4) is 0 Å². The van der Waals surface area contributed by atoms with E-state index in [4.69, 9.17) is 0 Å². The van der Waals surface area contributed by atoms with Crippen molar-refractivity contribution in [2.75, 3.05) is 5.32 Å². The van der Waals surface area contributed by atoms with Crippen LogP contribution >= 0.6 is 11.3 Å². The molecule has 0 atom stereocenters. The van der Waals surface area contributed by atoms with Crippen LogP contribution in [-0.4, -0.2) is 15.9 Å². The minimum Gasteiger partial charge on any atom is -0.302 e. The molecule has 4 nitrogen and oxygen atoms in total. The highest BCUT2D eigenvalue weighted by Gasteiger charge is 2.10. The number of rotatable bonds is 3. The molecule has 2 rings (SSSR count). The van der Waals surface area contributed by atoms with Gasteiger partial charge in [0.15, 0.2) is 5.13 Å². The molecule has 0 saturated carbocycles. The van der Waals surface area contributed by atoms with E-state index in [1.807, 2.05) is 37.4 Å². The third-order valence-corrected chi connectivity index (χ3v) is 2.94. The van der Waals surface area contributed by atoms with Crippen molar-refractivity contribution in [1.29, 1.82) is 0 Å². The van der Waals surface area contributed by atoms with Gasteiger partial charge < -0.3 is 5.32 Å². The Hall–Kier alpha value is -1.75. The first kappa shape index (κ1) is 11.7. The first-order chi connectivity index (χ1) is 8.16. The SMILES string of the molecule is CC(C)C(=O)Nc1nc(-c2ccccn2)cs1. The third kappa shape index (κ3) is 2.88. The van der Waals surface area contributed by atoms with Crippen molar-refractivity contribution in [3.05, 3.63) is 29.8 Å². The average molecular weight is 247 g/mol. The summed E-state index contributed by atoms with van der Waals surface area (Å²) in [4.78, 5) is 20.0. The smallest absolute Gasteiger partial charge is 0.228 e. The predicted molar refractivity (Wildman–Crippen MR) is 68.8 cm³/mol. The highest BCUT2D eigenvalue weighted by molar-refractivity contribution is 7.14. The molecule has 0 saturated heterocycles. The van der Waals surface area contributed by atoms with E-state index in [9.17, 15) is 4.79 Å². The molecule has 0 radical (unpaired) electrons. The highest BCUT2D eigenvalue weighted by Crippen LogP contribution is 2.23. The van der Waals surface area contributed by atoms with Crippen molar-refractivity contribution in [2.45, 2.75) is 13.8 Å². The molecule has 2 heterocycles. The van der Waals surface area contributed by atoms with E-state index in [-0.39, 0.29) is 11.8 Å². The number of hydrogen-bond acceptors (Lipinski definition) is 4. The molecule has 0 aromatic carbocycles. The summed E-state index contributed by atoms with van der Waals surface area (Å²) in [6.45, 7) is 3.70. The monoisotopic (exact) mass is 247 g/mol. The van der Waals surface area contributed by atoms with Crippen LogP contribution in [0.15, 0.2) is 29.8 Å². The van der Waals surface area contributed by atoms with E-state index in [1.165, 1.54) is 11.3 Å². The average Bonchev–Trinajstić information content (AvgIpc) is 2.78. The zero-order chi connectivity index (χ0) is 12.3. The van der Waals surface area contributed by atoms with Gasteiger partial charge in [-0.05, 0) is 12.1 Å². The van der Waals surface area contributed by atoms with Crippen molar-refractivity contribution in [3.8, 4) is 11.4 Å². The molecule has 2 aromatic heterocycles. The molecular formula is C12H13N3OS. The summed E-state index contributed by atoms with van der Waals surface area (Å²) in [5, 5.41) is 5.27. The summed E-state index contributed by atoms with van der Waals surface area (Å²) >= 11 is 1.41. The molecule has 2 aromatic rings. The van der Waals surface area contributed by atoms with Gasteiger partial charge in [0.05, 0.1) is 5.69 Å². The van der Waals surface area contributed by atoms with Crippen LogP contribution in [0, 0.1) is 5.92 Å². The minimum atomic E-state index is -0.0443. The molecule has 1 amide bonds. The number of carbonyl (C=O) groups is 1. The number of hydrogen-bond donors (Lipinski definition) is 1. The Morgan fingerprint density at radius 2 is 2.18 bits per heavy atom. The van der Waals surface area contributed by atoms with E-state index >= 15 is 0 Å². The Balaban J connectivity index is 2.14. The van der Waals surface area contributed by atoms with Crippen LogP contribution in [0.5, 0.6) is 0 Å². The van der Waals surface area contributed by atoms with E-state index in [0.717, 1.165) is 11.4 Å². The molecule has 0 unspecified atom stereocenters. The largest absolute Gasteiger partial charge is 0.302 e. The van der Waals surface area contributed by atoms with Gasteiger partial charge in [0.25, 0.3) is 0 Å². The molecule has 5 heteroatoms. The lowest BCUT2D eigenvalue weighted by atomic mass is 10.2. The summed E-state index contributed by atoms with van der Waals surface area (Å²) in [6, 6.07) is 5.66. The second-order valence-electron chi connectivity index (χ2n) is 3.90. The fraction of sp³-hybridized carbons (Fsp3) is 0.250. The zero-order valence-corrected chi connectivity index (χ0v) is 10.5. The van der Waals surface area contributed by atoms with Crippen LogP contribution < -0.4 is 5.32 Å². The lowest BCUT2D eigenvalue weighted by molar-refractivity contribution is -0.118. The van der Waals surface area contributed by atoms with Gasteiger partial charge in [-0.25, -0.2) is 4.98 Å². The van der Waals surface area contributed by atoms with Crippen LogP contribution in [-0.2, 0) is 4.79 Å². The second kappa shape index (κ2) is 5.05. The van der Waals surface area contributed by atoms with Crippen molar-refractivity contribution in [1.82, 2.24) is 9.97 Å². The molecule has 0 aliphatic rings. The zero-order valence-electron chi connectivity index (χ0n) is 9.68. The molecule has 0 fully saturated rings. The lowest BCUT2D eigenvalue weighted by Gasteiger charge is -2.03. The maximum Gasteiger partial charge on any atom is 0.228 e. The fourth-order valence-electron chi connectivity index (χ4n) is 1.21. The number of amides is 1. The summed E-state index contributed by atoms with van der Waals surface area (Å²) in [5.41, 5.74) is 1.60. The number of carbonyl (C=O) groups excluding carboxylic acids is 1.